The molecule has 0 saturated heterocycles. The lowest BCUT2D eigenvalue weighted by Gasteiger charge is -2.27. The van der Waals surface area contributed by atoms with Gasteiger partial charge in [-0.3, -0.25) is 0 Å². The second kappa shape index (κ2) is 7.00. The maximum Gasteiger partial charge on any atom is 0.146 e. The molecule has 2 nitrogen and oxygen atoms in total. The van der Waals surface area contributed by atoms with Gasteiger partial charge in [0, 0.05) is 24.9 Å². The highest BCUT2D eigenvalue weighted by Gasteiger charge is 2.15. The number of anilines is 1. The third-order valence-electron chi connectivity index (χ3n) is 3.35. The summed E-state index contributed by atoms with van der Waals surface area (Å²) in [6.45, 7) is 4.13. The number of rotatable bonds is 6. The molecule has 1 aromatic carbocycles. The van der Waals surface area contributed by atoms with Crippen LogP contribution in [0.1, 0.15) is 25.5 Å². The molecule has 1 N–H and O–H groups in total. The van der Waals surface area contributed by atoms with Gasteiger partial charge in [-0.25, -0.2) is 4.39 Å². The van der Waals surface area contributed by atoms with E-state index in [4.69, 9.17) is 0 Å². The van der Waals surface area contributed by atoms with Gasteiger partial charge < -0.3 is 10.2 Å². The van der Waals surface area contributed by atoms with Crippen LogP contribution in [0.3, 0.4) is 0 Å². The Morgan fingerprint density at radius 3 is 2.56 bits per heavy atom. The average Bonchev–Trinajstić information content (AvgIpc) is 2.37. The van der Waals surface area contributed by atoms with Crippen molar-refractivity contribution in [1.29, 1.82) is 0 Å². The lowest BCUT2D eigenvalue weighted by atomic mass is 10.1. The Labute approximate surface area is 114 Å². The van der Waals surface area contributed by atoms with Gasteiger partial charge in [-0.2, -0.15) is 11.8 Å². The number of thioether (sulfide) groups is 1. The highest BCUT2D eigenvalue weighted by molar-refractivity contribution is 7.98. The minimum Gasteiger partial charge on any atom is -0.369 e. The fourth-order valence-corrected chi connectivity index (χ4v) is 2.54. The van der Waals surface area contributed by atoms with Crippen LogP contribution in [-0.4, -0.2) is 32.1 Å². The Morgan fingerprint density at radius 2 is 2.06 bits per heavy atom. The molecule has 0 fully saturated rings. The average molecular weight is 270 g/mol. The zero-order chi connectivity index (χ0) is 13.7. The molecule has 0 heterocycles. The van der Waals surface area contributed by atoms with Crippen LogP contribution in [0.15, 0.2) is 18.2 Å². The molecule has 0 aliphatic carbocycles. The third-order valence-corrected chi connectivity index (χ3v) is 4.17. The highest BCUT2D eigenvalue weighted by atomic mass is 32.2. The van der Waals surface area contributed by atoms with Crippen LogP contribution in [0.5, 0.6) is 0 Å². The first-order chi connectivity index (χ1) is 8.51. The van der Waals surface area contributed by atoms with Crippen molar-refractivity contribution in [3.8, 4) is 0 Å². The number of hydrogen-bond acceptors (Lipinski definition) is 3. The molecular weight excluding hydrogens is 247 g/mol. The van der Waals surface area contributed by atoms with Gasteiger partial charge in [-0.1, -0.05) is 6.07 Å². The van der Waals surface area contributed by atoms with Gasteiger partial charge in [0.2, 0.25) is 0 Å². The molecule has 4 heteroatoms. The van der Waals surface area contributed by atoms with Crippen LogP contribution in [0.2, 0.25) is 0 Å². The van der Waals surface area contributed by atoms with Gasteiger partial charge in [0.15, 0.2) is 0 Å². The van der Waals surface area contributed by atoms with E-state index in [0.717, 1.165) is 11.3 Å². The third kappa shape index (κ3) is 3.62. The number of benzene rings is 1. The quantitative estimate of drug-likeness (QED) is 0.854. The van der Waals surface area contributed by atoms with Gasteiger partial charge in [0.1, 0.15) is 5.82 Å². The van der Waals surface area contributed by atoms with Crippen molar-refractivity contribution in [2.75, 3.05) is 31.0 Å². The number of nitrogens with zero attached hydrogens (tertiary/aromatic N) is 1. The summed E-state index contributed by atoms with van der Waals surface area (Å²) in [6.07, 6.45) is 2.07. The molecule has 0 aliphatic heterocycles. The minimum absolute atomic E-state index is 0.148. The van der Waals surface area contributed by atoms with Crippen LogP contribution in [0.4, 0.5) is 10.1 Å². The molecule has 0 aromatic heterocycles. The highest BCUT2D eigenvalue weighted by Crippen LogP contribution is 2.24. The van der Waals surface area contributed by atoms with Crippen molar-refractivity contribution in [3.63, 3.8) is 0 Å². The van der Waals surface area contributed by atoms with E-state index in [1.165, 1.54) is 0 Å². The Bertz CT molecular complexity index is 384. The lowest BCUT2D eigenvalue weighted by Crippen LogP contribution is -2.31. The fourth-order valence-electron chi connectivity index (χ4n) is 1.84. The predicted octanol–water partition coefficient (Wildman–Crippen LogP) is 3.29. The fraction of sp³-hybridized carbons (Fsp3) is 0.571. The molecule has 0 amide bonds. The van der Waals surface area contributed by atoms with Crippen molar-refractivity contribution in [2.45, 2.75) is 25.9 Å². The topological polar surface area (TPSA) is 15.3 Å². The van der Waals surface area contributed by atoms with Gasteiger partial charge in [0.25, 0.3) is 0 Å². The summed E-state index contributed by atoms with van der Waals surface area (Å²) in [7, 11) is 3.82. The molecular formula is C14H23FN2S. The second-order valence-corrected chi connectivity index (χ2v) is 5.55. The maximum atomic E-state index is 14.1. The molecule has 102 valence electrons. The van der Waals surface area contributed by atoms with E-state index in [1.807, 2.05) is 38.1 Å². The van der Waals surface area contributed by atoms with E-state index in [-0.39, 0.29) is 11.9 Å². The van der Waals surface area contributed by atoms with Crippen molar-refractivity contribution in [1.82, 2.24) is 5.32 Å². The van der Waals surface area contributed by atoms with E-state index in [2.05, 4.69) is 18.5 Å². The lowest BCUT2D eigenvalue weighted by molar-refractivity contribution is 0.599. The molecule has 0 radical (unpaired) electrons. The summed E-state index contributed by atoms with van der Waals surface area (Å²) >= 11 is 1.78. The summed E-state index contributed by atoms with van der Waals surface area (Å²) < 4.78 is 14.1. The van der Waals surface area contributed by atoms with E-state index in [9.17, 15) is 4.39 Å². The Hall–Kier alpha value is -0.740. The van der Waals surface area contributed by atoms with Crippen LogP contribution in [-0.2, 0) is 0 Å². The summed E-state index contributed by atoms with van der Waals surface area (Å²) in [5, 5.41) is 3.12. The van der Waals surface area contributed by atoms with Crippen molar-refractivity contribution < 1.29 is 4.39 Å². The minimum atomic E-state index is -0.148. The Morgan fingerprint density at radius 1 is 1.39 bits per heavy atom. The summed E-state index contributed by atoms with van der Waals surface area (Å²) in [5.74, 6) is 0.843. The normalized spacial score (nSPS) is 14.3. The molecule has 1 rings (SSSR count). The standard InChI is InChI=1S/C14H23FN2S/c1-10(9-18-5)17(4)14-7-6-12(8-13(14)15)11(2)16-3/h6-8,10-11,16H,9H2,1-5H3. The first-order valence-corrected chi connectivity index (χ1v) is 7.59. The van der Waals surface area contributed by atoms with E-state index in [1.54, 1.807) is 17.8 Å². The number of nitrogens with one attached hydrogen (secondary N) is 1. The van der Waals surface area contributed by atoms with Gasteiger partial charge in [-0.15, -0.1) is 0 Å². The largest absolute Gasteiger partial charge is 0.369 e. The summed E-state index contributed by atoms with van der Waals surface area (Å²) in [4.78, 5) is 2.00. The number of hydrogen-bond donors (Lipinski definition) is 1. The zero-order valence-corrected chi connectivity index (χ0v) is 12.6. The molecule has 1 aromatic rings. The molecule has 0 aliphatic rings. The molecule has 2 unspecified atom stereocenters. The van der Waals surface area contributed by atoms with Crippen LogP contribution in [0, 0.1) is 5.82 Å². The van der Waals surface area contributed by atoms with Gasteiger partial charge in [-0.05, 0) is 44.8 Å². The SMILES string of the molecule is CNC(C)c1ccc(N(C)C(C)CSC)c(F)c1. The molecule has 0 saturated carbocycles. The number of halogens is 1. The van der Waals surface area contributed by atoms with Crippen molar-refractivity contribution >= 4 is 17.4 Å². The van der Waals surface area contributed by atoms with Crippen LogP contribution in [0.25, 0.3) is 0 Å². The maximum absolute atomic E-state index is 14.1. The van der Waals surface area contributed by atoms with Crippen molar-refractivity contribution in [2.24, 2.45) is 0 Å². The molecule has 0 bridgehead atoms. The monoisotopic (exact) mass is 270 g/mol. The van der Waals surface area contributed by atoms with E-state index < -0.39 is 0 Å². The molecule has 0 spiro atoms. The van der Waals surface area contributed by atoms with Gasteiger partial charge in [0.05, 0.1) is 5.69 Å². The van der Waals surface area contributed by atoms with Crippen LogP contribution < -0.4 is 10.2 Å². The second-order valence-electron chi connectivity index (χ2n) is 4.64. The van der Waals surface area contributed by atoms with Gasteiger partial charge >= 0.3 is 0 Å². The predicted molar refractivity (Wildman–Crippen MR) is 80.1 cm³/mol. The van der Waals surface area contributed by atoms with Crippen LogP contribution >= 0.6 is 11.8 Å². The zero-order valence-electron chi connectivity index (χ0n) is 11.8. The van der Waals surface area contributed by atoms with E-state index in [0.29, 0.717) is 11.7 Å². The summed E-state index contributed by atoms with van der Waals surface area (Å²) in [5.41, 5.74) is 1.65. The molecule has 18 heavy (non-hydrogen) atoms. The first-order valence-electron chi connectivity index (χ1n) is 6.19. The van der Waals surface area contributed by atoms with Crippen molar-refractivity contribution in [3.05, 3.63) is 29.6 Å². The smallest absolute Gasteiger partial charge is 0.146 e. The first kappa shape index (κ1) is 15.3. The van der Waals surface area contributed by atoms with E-state index >= 15 is 0 Å². The Balaban J connectivity index is 2.91. The molecule has 2 atom stereocenters. The Kier molecular flexibility index (Phi) is 5.96. The summed E-state index contributed by atoms with van der Waals surface area (Å²) in [6, 6.07) is 5.97.